The van der Waals surface area contributed by atoms with E-state index in [4.69, 9.17) is 9.47 Å². The molecule has 1 aromatic rings. The number of para-hydroxylation sites is 2. The summed E-state index contributed by atoms with van der Waals surface area (Å²) in [7, 11) is 0. The second-order valence-electron chi connectivity index (χ2n) is 6.40. The Bertz CT molecular complexity index is 671. The van der Waals surface area contributed by atoms with Crippen LogP contribution in [0.5, 0.6) is 5.75 Å². The van der Waals surface area contributed by atoms with E-state index < -0.39 is 5.97 Å². The van der Waals surface area contributed by atoms with Gasteiger partial charge in [0.15, 0.2) is 6.61 Å². The lowest BCUT2D eigenvalue weighted by atomic mass is 10.2. The van der Waals surface area contributed by atoms with E-state index in [-0.39, 0.29) is 44.0 Å². The van der Waals surface area contributed by atoms with Gasteiger partial charge in [-0.2, -0.15) is 0 Å². The molecule has 0 unspecified atom stereocenters. The number of benzene rings is 1. The second-order valence-corrected chi connectivity index (χ2v) is 6.40. The summed E-state index contributed by atoms with van der Waals surface area (Å²) in [6, 6.07) is 7.14. The van der Waals surface area contributed by atoms with E-state index >= 15 is 0 Å². The first kappa shape index (κ1) is 17.3. The van der Waals surface area contributed by atoms with Crippen LogP contribution in [0, 0.1) is 5.92 Å². The molecule has 0 saturated heterocycles. The van der Waals surface area contributed by atoms with Gasteiger partial charge in [-0.3, -0.25) is 19.3 Å². The fourth-order valence-electron chi connectivity index (χ4n) is 2.82. The Kier molecular flexibility index (Phi) is 5.21. The van der Waals surface area contributed by atoms with Gasteiger partial charge >= 0.3 is 5.97 Å². The molecule has 134 valence electrons. The Balaban J connectivity index is 1.54. The number of rotatable bonds is 6. The van der Waals surface area contributed by atoms with E-state index in [1.54, 1.807) is 24.3 Å². The molecule has 7 nitrogen and oxygen atoms in total. The molecule has 3 rings (SSSR count). The Morgan fingerprint density at radius 3 is 2.88 bits per heavy atom. The van der Waals surface area contributed by atoms with Crippen molar-refractivity contribution in [3.8, 4) is 5.75 Å². The van der Waals surface area contributed by atoms with E-state index in [2.05, 4.69) is 5.32 Å². The van der Waals surface area contributed by atoms with Gasteiger partial charge in [-0.1, -0.05) is 12.1 Å². The van der Waals surface area contributed by atoms with Gasteiger partial charge in [0.05, 0.1) is 18.7 Å². The monoisotopic (exact) mass is 346 g/mol. The van der Waals surface area contributed by atoms with Crippen LogP contribution in [0.4, 0.5) is 5.69 Å². The maximum atomic E-state index is 12.2. The SMILES string of the molecule is C[C@@H](NC(=O)COC(=O)CN1C(=O)CCOc2ccccc21)C1CC1. The molecule has 0 radical (unpaired) electrons. The molecule has 1 aliphatic carbocycles. The molecule has 1 aliphatic heterocycles. The lowest BCUT2D eigenvalue weighted by Gasteiger charge is -2.21. The topological polar surface area (TPSA) is 84.9 Å². The maximum Gasteiger partial charge on any atom is 0.326 e. The number of fused-ring (bicyclic) bond motifs is 1. The van der Waals surface area contributed by atoms with Crippen LogP contribution < -0.4 is 15.0 Å². The van der Waals surface area contributed by atoms with E-state index in [1.807, 2.05) is 6.92 Å². The summed E-state index contributed by atoms with van der Waals surface area (Å²) >= 11 is 0. The number of anilines is 1. The summed E-state index contributed by atoms with van der Waals surface area (Å²) in [5.74, 6) is -0.0744. The van der Waals surface area contributed by atoms with Gasteiger partial charge in [0.25, 0.3) is 5.91 Å². The first-order valence-electron chi connectivity index (χ1n) is 8.52. The van der Waals surface area contributed by atoms with Crippen molar-refractivity contribution < 1.29 is 23.9 Å². The Hall–Kier alpha value is -2.57. The molecule has 0 aromatic heterocycles. The standard InChI is InChI=1S/C18H22N2O5/c1-12(13-6-7-13)19-16(21)11-25-18(23)10-20-14-4-2-3-5-15(14)24-9-8-17(20)22/h2-5,12-13H,6-11H2,1H3,(H,19,21)/t12-/m1/s1. The molecule has 1 aromatic carbocycles. The summed E-state index contributed by atoms with van der Waals surface area (Å²) in [6.07, 6.45) is 2.43. The molecule has 1 saturated carbocycles. The van der Waals surface area contributed by atoms with Gasteiger partial charge in [0, 0.05) is 6.04 Å². The van der Waals surface area contributed by atoms with Crippen molar-refractivity contribution in [1.82, 2.24) is 5.32 Å². The minimum atomic E-state index is -0.626. The van der Waals surface area contributed by atoms with Crippen molar-refractivity contribution in [2.75, 3.05) is 24.7 Å². The van der Waals surface area contributed by atoms with Crippen LogP contribution in [0.25, 0.3) is 0 Å². The number of hydrogen-bond donors (Lipinski definition) is 1. The summed E-state index contributed by atoms with van der Waals surface area (Å²) in [4.78, 5) is 37.5. The molecule has 1 heterocycles. The molecule has 2 aliphatic rings. The fourth-order valence-corrected chi connectivity index (χ4v) is 2.82. The molecule has 25 heavy (non-hydrogen) atoms. The third-order valence-electron chi connectivity index (χ3n) is 4.40. The zero-order chi connectivity index (χ0) is 17.8. The highest BCUT2D eigenvalue weighted by molar-refractivity contribution is 5.99. The van der Waals surface area contributed by atoms with Crippen molar-refractivity contribution in [2.24, 2.45) is 5.92 Å². The number of hydrogen-bond acceptors (Lipinski definition) is 5. The molecular formula is C18H22N2O5. The Morgan fingerprint density at radius 1 is 1.36 bits per heavy atom. The van der Waals surface area contributed by atoms with E-state index in [0.29, 0.717) is 17.4 Å². The zero-order valence-corrected chi connectivity index (χ0v) is 14.2. The number of amides is 2. The predicted octanol–water partition coefficient (Wildman–Crippen LogP) is 1.26. The highest BCUT2D eigenvalue weighted by Gasteiger charge is 2.29. The van der Waals surface area contributed by atoms with Crippen molar-refractivity contribution in [3.63, 3.8) is 0 Å². The Labute approximate surface area is 146 Å². The smallest absolute Gasteiger partial charge is 0.326 e. The number of carbonyl (C=O) groups is 3. The minimum Gasteiger partial charge on any atom is -0.491 e. The molecular weight excluding hydrogens is 324 g/mol. The predicted molar refractivity (Wildman–Crippen MR) is 90.2 cm³/mol. The van der Waals surface area contributed by atoms with Crippen molar-refractivity contribution >= 4 is 23.5 Å². The number of carbonyl (C=O) groups excluding carboxylic acids is 3. The molecule has 1 N–H and O–H groups in total. The quantitative estimate of drug-likeness (QED) is 0.784. The molecule has 7 heteroatoms. The maximum absolute atomic E-state index is 12.2. The van der Waals surface area contributed by atoms with Gasteiger partial charge in [0.2, 0.25) is 5.91 Å². The third-order valence-corrected chi connectivity index (χ3v) is 4.40. The highest BCUT2D eigenvalue weighted by atomic mass is 16.5. The molecule has 2 amide bonds. The molecule has 0 bridgehead atoms. The van der Waals surface area contributed by atoms with E-state index in [0.717, 1.165) is 12.8 Å². The number of ether oxygens (including phenoxy) is 2. The minimum absolute atomic E-state index is 0.0995. The number of nitrogens with one attached hydrogen (secondary N) is 1. The largest absolute Gasteiger partial charge is 0.491 e. The second kappa shape index (κ2) is 7.55. The van der Waals surface area contributed by atoms with Gasteiger partial charge in [-0.15, -0.1) is 0 Å². The third kappa shape index (κ3) is 4.49. The van der Waals surface area contributed by atoms with Crippen LogP contribution in [-0.2, 0) is 19.1 Å². The van der Waals surface area contributed by atoms with E-state index in [1.165, 1.54) is 4.90 Å². The summed E-state index contributed by atoms with van der Waals surface area (Å²) < 4.78 is 10.5. The summed E-state index contributed by atoms with van der Waals surface area (Å²) in [5, 5.41) is 2.82. The summed E-state index contributed by atoms with van der Waals surface area (Å²) in [5.41, 5.74) is 0.536. The van der Waals surface area contributed by atoms with Crippen LogP contribution in [0.1, 0.15) is 26.2 Å². The number of esters is 1. The first-order valence-corrected chi connectivity index (χ1v) is 8.52. The Morgan fingerprint density at radius 2 is 2.12 bits per heavy atom. The molecule has 1 atom stereocenters. The van der Waals surface area contributed by atoms with Crippen molar-refractivity contribution in [3.05, 3.63) is 24.3 Å². The average molecular weight is 346 g/mol. The summed E-state index contributed by atoms with van der Waals surface area (Å²) in [6.45, 7) is 1.63. The molecule has 1 fully saturated rings. The lowest BCUT2D eigenvalue weighted by Crippen LogP contribution is -2.39. The fraction of sp³-hybridized carbons (Fsp3) is 0.500. The molecule has 0 spiro atoms. The lowest BCUT2D eigenvalue weighted by molar-refractivity contribution is -0.147. The van der Waals surface area contributed by atoms with Crippen LogP contribution >= 0.6 is 0 Å². The van der Waals surface area contributed by atoms with Gasteiger partial charge in [-0.05, 0) is 37.8 Å². The van der Waals surface area contributed by atoms with Crippen molar-refractivity contribution in [1.29, 1.82) is 0 Å². The normalized spacial score (nSPS) is 17.8. The van der Waals surface area contributed by atoms with Crippen molar-refractivity contribution in [2.45, 2.75) is 32.2 Å². The van der Waals surface area contributed by atoms with Crippen LogP contribution in [0.15, 0.2) is 24.3 Å². The zero-order valence-electron chi connectivity index (χ0n) is 14.2. The van der Waals surface area contributed by atoms with Gasteiger partial charge < -0.3 is 14.8 Å². The van der Waals surface area contributed by atoms with E-state index in [9.17, 15) is 14.4 Å². The van der Waals surface area contributed by atoms with Crippen LogP contribution in [0.3, 0.4) is 0 Å². The number of nitrogens with zero attached hydrogens (tertiary/aromatic N) is 1. The first-order chi connectivity index (χ1) is 12.0. The average Bonchev–Trinajstić information content (AvgIpc) is 3.43. The van der Waals surface area contributed by atoms with Gasteiger partial charge in [0.1, 0.15) is 12.3 Å². The highest BCUT2D eigenvalue weighted by Crippen LogP contribution is 2.32. The van der Waals surface area contributed by atoms with Crippen LogP contribution in [0.2, 0.25) is 0 Å². The van der Waals surface area contributed by atoms with Crippen LogP contribution in [-0.4, -0.2) is 43.6 Å². The van der Waals surface area contributed by atoms with Gasteiger partial charge in [-0.25, -0.2) is 0 Å².